The van der Waals surface area contributed by atoms with E-state index in [9.17, 15) is 9.59 Å². The Morgan fingerprint density at radius 3 is 0.833 bits per heavy atom. The van der Waals surface area contributed by atoms with Crippen molar-refractivity contribution in [1.82, 2.24) is 0 Å². The molecule has 0 aromatic carbocycles. The molecular formula is C43H86NO4+. The van der Waals surface area contributed by atoms with Crippen molar-refractivity contribution in [2.24, 2.45) is 0 Å². The zero-order valence-corrected chi connectivity index (χ0v) is 33.2. The van der Waals surface area contributed by atoms with Crippen molar-refractivity contribution < 1.29 is 23.5 Å². The summed E-state index contributed by atoms with van der Waals surface area (Å²) in [5.41, 5.74) is 0. The number of quaternary nitrogens is 1. The van der Waals surface area contributed by atoms with Crippen LogP contribution < -0.4 is 0 Å². The van der Waals surface area contributed by atoms with Crippen LogP contribution in [0.2, 0.25) is 0 Å². The van der Waals surface area contributed by atoms with Crippen LogP contribution in [-0.4, -0.2) is 56.3 Å². The highest BCUT2D eigenvalue weighted by Gasteiger charge is 2.20. The molecule has 0 N–H and O–H groups in total. The zero-order chi connectivity index (χ0) is 35.2. The van der Waals surface area contributed by atoms with Gasteiger partial charge in [-0.3, -0.25) is 9.59 Å². The Morgan fingerprint density at radius 2 is 0.604 bits per heavy atom. The molecule has 0 aliphatic rings. The molecular weight excluding hydrogens is 594 g/mol. The van der Waals surface area contributed by atoms with Crippen molar-refractivity contribution >= 4 is 11.9 Å². The lowest BCUT2D eigenvalue weighted by molar-refractivity contribution is -0.908. The molecule has 0 rings (SSSR count). The Morgan fingerprint density at radius 1 is 0.375 bits per heavy atom. The lowest BCUT2D eigenvalue weighted by atomic mass is 10.0. The number of esters is 2. The van der Waals surface area contributed by atoms with Gasteiger partial charge in [0.05, 0.1) is 13.6 Å². The molecule has 0 aliphatic carbocycles. The molecule has 0 unspecified atom stereocenters. The van der Waals surface area contributed by atoms with Crippen molar-refractivity contribution in [3.63, 3.8) is 0 Å². The molecule has 0 heterocycles. The zero-order valence-electron chi connectivity index (χ0n) is 33.2. The van der Waals surface area contributed by atoms with Gasteiger partial charge in [-0.05, 0) is 19.8 Å². The molecule has 0 aliphatic heterocycles. The smallest absolute Gasteiger partial charge is 0.305 e. The molecule has 0 saturated carbocycles. The molecule has 0 fully saturated rings. The van der Waals surface area contributed by atoms with Crippen LogP contribution in [0.4, 0.5) is 0 Å². The van der Waals surface area contributed by atoms with Gasteiger partial charge in [-0.25, -0.2) is 0 Å². The van der Waals surface area contributed by atoms with Gasteiger partial charge in [-0.2, -0.15) is 0 Å². The van der Waals surface area contributed by atoms with Crippen molar-refractivity contribution in [2.45, 2.75) is 226 Å². The number of likely N-dealkylation sites (N-methyl/N-ethyl adjacent to an activating group) is 1. The summed E-state index contributed by atoms with van der Waals surface area (Å²) in [6.45, 7) is 10.0. The average Bonchev–Trinajstić information content (AvgIpc) is 3.08. The number of hydrogen-bond donors (Lipinski definition) is 0. The number of ether oxygens (including phenoxy) is 2. The van der Waals surface area contributed by atoms with Crippen molar-refractivity contribution in [2.75, 3.05) is 39.9 Å². The highest BCUT2D eigenvalue weighted by molar-refractivity contribution is 5.69. The summed E-state index contributed by atoms with van der Waals surface area (Å²) < 4.78 is 11.9. The van der Waals surface area contributed by atoms with E-state index in [2.05, 4.69) is 27.8 Å². The van der Waals surface area contributed by atoms with Crippen molar-refractivity contribution in [3.8, 4) is 0 Å². The summed E-state index contributed by atoms with van der Waals surface area (Å²) in [6.07, 6.45) is 40.9. The third kappa shape index (κ3) is 34.8. The fraction of sp³-hybridized carbons (Fsp3) is 0.953. The normalized spacial score (nSPS) is 11.7. The summed E-state index contributed by atoms with van der Waals surface area (Å²) in [5.74, 6) is -0.135. The number of rotatable bonds is 39. The van der Waals surface area contributed by atoms with Crippen LogP contribution in [0.15, 0.2) is 0 Å². The first-order valence-electron chi connectivity index (χ1n) is 21.6. The van der Waals surface area contributed by atoms with Crippen LogP contribution in [0.25, 0.3) is 0 Å². The van der Waals surface area contributed by atoms with Gasteiger partial charge in [-0.1, -0.05) is 194 Å². The molecule has 0 aromatic heterocycles. The first-order chi connectivity index (χ1) is 23.5. The van der Waals surface area contributed by atoms with Gasteiger partial charge >= 0.3 is 11.9 Å². The molecule has 0 bridgehead atoms. The Labute approximate surface area is 301 Å². The SMILES string of the molecule is CCCCCCCCCCCCCCCCCC(=O)OCC[N+](C)(CC)CCOC(=O)CCCCCCCCCCCCCCCCC. The molecule has 0 spiro atoms. The second-order valence-electron chi connectivity index (χ2n) is 15.2. The van der Waals surface area contributed by atoms with Gasteiger partial charge in [0, 0.05) is 12.8 Å². The largest absolute Gasteiger partial charge is 0.460 e. The van der Waals surface area contributed by atoms with Crippen LogP contribution in [-0.2, 0) is 19.1 Å². The highest BCUT2D eigenvalue weighted by atomic mass is 16.5. The minimum atomic E-state index is -0.0673. The van der Waals surface area contributed by atoms with E-state index in [0.29, 0.717) is 26.1 Å². The maximum atomic E-state index is 12.2. The fourth-order valence-corrected chi connectivity index (χ4v) is 6.61. The van der Waals surface area contributed by atoms with Crippen LogP contribution in [0.1, 0.15) is 226 Å². The molecule has 0 radical (unpaired) electrons. The average molecular weight is 681 g/mol. The second-order valence-corrected chi connectivity index (χ2v) is 15.2. The van der Waals surface area contributed by atoms with E-state index in [-0.39, 0.29) is 11.9 Å². The van der Waals surface area contributed by atoms with E-state index in [4.69, 9.17) is 9.47 Å². The fourth-order valence-electron chi connectivity index (χ4n) is 6.61. The second kappa shape index (κ2) is 37.2. The summed E-state index contributed by atoms with van der Waals surface area (Å²) >= 11 is 0. The van der Waals surface area contributed by atoms with Gasteiger partial charge in [0.15, 0.2) is 0 Å². The Bertz CT molecular complexity index is 630. The van der Waals surface area contributed by atoms with E-state index in [0.717, 1.165) is 49.8 Å². The molecule has 0 amide bonds. The Hall–Kier alpha value is -1.10. The van der Waals surface area contributed by atoms with Gasteiger partial charge in [0.25, 0.3) is 0 Å². The van der Waals surface area contributed by atoms with Crippen LogP contribution in [0.5, 0.6) is 0 Å². The predicted octanol–water partition coefficient (Wildman–Crippen LogP) is 13.1. The summed E-state index contributed by atoms with van der Waals surface area (Å²) in [7, 11) is 2.16. The molecule has 5 nitrogen and oxygen atoms in total. The minimum absolute atomic E-state index is 0.0673. The summed E-state index contributed by atoms with van der Waals surface area (Å²) in [5, 5.41) is 0. The molecule has 48 heavy (non-hydrogen) atoms. The minimum Gasteiger partial charge on any atom is -0.460 e. The maximum absolute atomic E-state index is 12.2. The van der Waals surface area contributed by atoms with E-state index >= 15 is 0 Å². The molecule has 5 heteroatoms. The Balaban J connectivity index is 3.58. The molecule has 0 aromatic rings. The van der Waals surface area contributed by atoms with Crippen LogP contribution in [0.3, 0.4) is 0 Å². The lowest BCUT2D eigenvalue weighted by Crippen LogP contribution is -2.48. The van der Waals surface area contributed by atoms with E-state index in [1.54, 1.807) is 0 Å². The molecule has 0 saturated heterocycles. The van der Waals surface area contributed by atoms with Gasteiger partial charge in [-0.15, -0.1) is 0 Å². The Kier molecular flexibility index (Phi) is 36.3. The first kappa shape index (κ1) is 46.9. The number of hydrogen-bond acceptors (Lipinski definition) is 4. The van der Waals surface area contributed by atoms with Crippen LogP contribution in [0, 0.1) is 0 Å². The molecule has 0 atom stereocenters. The van der Waals surface area contributed by atoms with E-state index in [1.807, 2.05) is 0 Å². The van der Waals surface area contributed by atoms with Gasteiger partial charge < -0.3 is 14.0 Å². The quantitative estimate of drug-likeness (QED) is 0.0368. The van der Waals surface area contributed by atoms with Crippen LogP contribution >= 0.6 is 0 Å². The highest BCUT2D eigenvalue weighted by Crippen LogP contribution is 2.15. The third-order valence-electron chi connectivity index (χ3n) is 10.5. The van der Waals surface area contributed by atoms with Crippen molar-refractivity contribution in [3.05, 3.63) is 0 Å². The monoisotopic (exact) mass is 681 g/mol. The van der Waals surface area contributed by atoms with Crippen molar-refractivity contribution in [1.29, 1.82) is 0 Å². The number of carbonyl (C=O) groups excluding carboxylic acids is 2. The summed E-state index contributed by atoms with van der Waals surface area (Å²) in [6, 6.07) is 0. The topological polar surface area (TPSA) is 52.6 Å². The predicted molar refractivity (Wildman–Crippen MR) is 207 cm³/mol. The van der Waals surface area contributed by atoms with E-state index in [1.165, 1.54) is 167 Å². The first-order valence-corrected chi connectivity index (χ1v) is 21.6. The van der Waals surface area contributed by atoms with E-state index < -0.39 is 0 Å². The number of nitrogens with zero attached hydrogens (tertiary/aromatic N) is 1. The summed E-state index contributed by atoms with van der Waals surface area (Å²) in [4.78, 5) is 24.5. The third-order valence-corrected chi connectivity index (χ3v) is 10.5. The number of carbonyl (C=O) groups is 2. The maximum Gasteiger partial charge on any atom is 0.305 e. The number of unbranched alkanes of at least 4 members (excludes halogenated alkanes) is 28. The standard InChI is InChI=1S/C43H86NO4/c1-5-8-10-12-14-16-18-20-22-24-26-28-30-32-34-36-42(45)47-40-38-44(4,7-3)39-41-48-43(46)37-35-33-31-29-27-25-23-21-19-17-15-13-11-9-6-2/h5-41H2,1-4H3/q+1. The van der Waals surface area contributed by atoms with Gasteiger partial charge in [0.1, 0.15) is 26.3 Å². The van der Waals surface area contributed by atoms with Gasteiger partial charge in [0.2, 0.25) is 0 Å². The molecule has 286 valence electrons. The lowest BCUT2D eigenvalue weighted by Gasteiger charge is -2.32.